The van der Waals surface area contributed by atoms with E-state index in [0.29, 0.717) is 28.5 Å². The smallest absolute Gasteiger partial charge is 0.338 e. The third kappa shape index (κ3) is 4.54. The molecule has 1 amide bonds. The Labute approximate surface area is 197 Å². The maximum absolute atomic E-state index is 13.6. The number of nitrogens with one attached hydrogen (secondary N) is 1. The third-order valence-corrected chi connectivity index (χ3v) is 5.60. The normalized spacial score (nSPS) is 15.2. The SMILES string of the molecule is CCOC(=O)C1=C(C)N(CC(=O)Nc2cc(C)cc(C)c2)c2ncnn2[C@@H]1c1ccc(F)cc1. The van der Waals surface area contributed by atoms with Gasteiger partial charge in [0.15, 0.2) is 0 Å². The number of hydrogen-bond donors (Lipinski definition) is 1. The average Bonchev–Trinajstić information content (AvgIpc) is 3.25. The van der Waals surface area contributed by atoms with Crippen LogP contribution in [-0.4, -0.2) is 39.8 Å². The first kappa shape index (κ1) is 23.2. The number of aromatic nitrogens is 3. The second-order valence-electron chi connectivity index (χ2n) is 8.19. The van der Waals surface area contributed by atoms with Gasteiger partial charge in [-0.3, -0.25) is 4.79 Å². The van der Waals surface area contributed by atoms with Gasteiger partial charge in [-0.15, -0.1) is 0 Å². The van der Waals surface area contributed by atoms with Crippen molar-refractivity contribution in [2.45, 2.75) is 33.7 Å². The molecule has 1 N–H and O–H groups in total. The van der Waals surface area contributed by atoms with Gasteiger partial charge in [-0.2, -0.15) is 10.1 Å². The van der Waals surface area contributed by atoms with E-state index < -0.39 is 12.0 Å². The van der Waals surface area contributed by atoms with Crippen LogP contribution in [0.5, 0.6) is 0 Å². The quantitative estimate of drug-likeness (QED) is 0.558. The minimum atomic E-state index is -0.670. The molecule has 9 heteroatoms. The number of ether oxygens (including phenoxy) is 1. The van der Waals surface area contributed by atoms with E-state index in [-0.39, 0.29) is 24.9 Å². The van der Waals surface area contributed by atoms with Crippen molar-refractivity contribution in [3.8, 4) is 0 Å². The van der Waals surface area contributed by atoms with Crippen molar-refractivity contribution in [2.75, 3.05) is 23.4 Å². The van der Waals surface area contributed by atoms with Gasteiger partial charge in [0.25, 0.3) is 0 Å². The molecule has 2 aromatic carbocycles. The molecule has 34 heavy (non-hydrogen) atoms. The summed E-state index contributed by atoms with van der Waals surface area (Å²) in [5, 5.41) is 7.24. The molecule has 0 bridgehead atoms. The summed E-state index contributed by atoms with van der Waals surface area (Å²) in [5.41, 5.74) is 4.24. The van der Waals surface area contributed by atoms with Crippen LogP contribution in [0.15, 0.2) is 60.1 Å². The lowest BCUT2D eigenvalue weighted by Crippen LogP contribution is -2.40. The van der Waals surface area contributed by atoms with Gasteiger partial charge in [0, 0.05) is 11.4 Å². The van der Waals surface area contributed by atoms with E-state index in [4.69, 9.17) is 4.74 Å². The number of amides is 1. The minimum absolute atomic E-state index is 0.0867. The van der Waals surface area contributed by atoms with Crippen LogP contribution in [0.25, 0.3) is 0 Å². The molecular weight excluding hydrogens is 437 g/mol. The van der Waals surface area contributed by atoms with Crippen molar-refractivity contribution < 1.29 is 18.7 Å². The number of nitrogens with zero attached hydrogens (tertiary/aromatic N) is 4. The van der Waals surface area contributed by atoms with Crippen LogP contribution in [0.1, 0.15) is 36.6 Å². The van der Waals surface area contributed by atoms with Gasteiger partial charge in [0.2, 0.25) is 11.9 Å². The summed E-state index contributed by atoms with van der Waals surface area (Å²) in [6.07, 6.45) is 1.36. The summed E-state index contributed by atoms with van der Waals surface area (Å²) in [5.74, 6) is -0.797. The molecule has 2 heterocycles. The molecule has 0 fully saturated rings. The Morgan fingerprint density at radius 3 is 2.41 bits per heavy atom. The fraction of sp³-hybridized carbons (Fsp3) is 0.280. The molecule has 1 atom stereocenters. The molecule has 0 saturated heterocycles. The van der Waals surface area contributed by atoms with Gasteiger partial charge in [-0.1, -0.05) is 18.2 Å². The maximum atomic E-state index is 13.6. The minimum Gasteiger partial charge on any atom is -0.463 e. The Bertz CT molecular complexity index is 1250. The number of anilines is 2. The number of rotatable bonds is 6. The zero-order valence-corrected chi connectivity index (χ0v) is 19.5. The van der Waals surface area contributed by atoms with E-state index in [0.717, 1.165) is 11.1 Å². The predicted molar refractivity (Wildman–Crippen MR) is 126 cm³/mol. The first-order chi connectivity index (χ1) is 16.3. The lowest BCUT2D eigenvalue weighted by Gasteiger charge is -2.35. The van der Waals surface area contributed by atoms with Crippen LogP contribution >= 0.6 is 0 Å². The summed E-state index contributed by atoms with van der Waals surface area (Å²) in [4.78, 5) is 32.0. The van der Waals surface area contributed by atoms with Crippen molar-refractivity contribution in [2.24, 2.45) is 0 Å². The first-order valence-corrected chi connectivity index (χ1v) is 11.0. The Kier molecular flexibility index (Phi) is 6.45. The fourth-order valence-electron chi connectivity index (χ4n) is 4.24. The van der Waals surface area contributed by atoms with Crippen LogP contribution in [0.3, 0.4) is 0 Å². The fourth-order valence-corrected chi connectivity index (χ4v) is 4.24. The van der Waals surface area contributed by atoms with Crippen molar-refractivity contribution in [1.29, 1.82) is 0 Å². The summed E-state index contributed by atoms with van der Waals surface area (Å²) in [6.45, 7) is 7.48. The van der Waals surface area contributed by atoms with Crippen LogP contribution in [0.4, 0.5) is 16.0 Å². The Morgan fingerprint density at radius 1 is 1.09 bits per heavy atom. The number of carbonyl (C=O) groups is 2. The molecule has 0 saturated carbocycles. The zero-order chi connectivity index (χ0) is 24.4. The number of aryl methyl sites for hydroxylation is 2. The van der Waals surface area contributed by atoms with Crippen LogP contribution in [0.2, 0.25) is 0 Å². The maximum Gasteiger partial charge on any atom is 0.338 e. The molecular formula is C25H26FN5O3. The molecule has 0 radical (unpaired) electrons. The van der Waals surface area contributed by atoms with Gasteiger partial charge in [0.1, 0.15) is 24.7 Å². The number of carbonyl (C=O) groups excluding carboxylic acids is 2. The molecule has 8 nitrogen and oxygen atoms in total. The topological polar surface area (TPSA) is 89.3 Å². The second-order valence-corrected chi connectivity index (χ2v) is 8.19. The van der Waals surface area contributed by atoms with Crippen LogP contribution < -0.4 is 10.2 Å². The highest BCUT2D eigenvalue weighted by molar-refractivity contribution is 5.96. The summed E-state index contributed by atoms with van der Waals surface area (Å²) in [6, 6.07) is 11.0. The summed E-state index contributed by atoms with van der Waals surface area (Å²) >= 11 is 0. The largest absolute Gasteiger partial charge is 0.463 e. The lowest BCUT2D eigenvalue weighted by molar-refractivity contribution is -0.139. The van der Waals surface area contributed by atoms with Gasteiger partial charge < -0.3 is 15.0 Å². The number of fused-ring (bicyclic) bond motifs is 1. The number of halogens is 1. The van der Waals surface area contributed by atoms with Gasteiger partial charge in [-0.25, -0.2) is 13.9 Å². The summed E-state index contributed by atoms with van der Waals surface area (Å²) in [7, 11) is 0. The molecule has 4 rings (SSSR count). The third-order valence-electron chi connectivity index (χ3n) is 5.60. The van der Waals surface area contributed by atoms with E-state index in [2.05, 4.69) is 15.4 Å². The number of esters is 1. The van der Waals surface area contributed by atoms with E-state index in [1.807, 2.05) is 32.0 Å². The predicted octanol–water partition coefficient (Wildman–Crippen LogP) is 3.92. The van der Waals surface area contributed by atoms with Crippen molar-refractivity contribution in [3.63, 3.8) is 0 Å². The van der Waals surface area contributed by atoms with Crippen LogP contribution in [0, 0.1) is 19.7 Å². The molecule has 1 aromatic heterocycles. The molecule has 3 aromatic rings. The van der Waals surface area contributed by atoms with Gasteiger partial charge in [0.05, 0.1) is 12.2 Å². The average molecular weight is 464 g/mol. The highest BCUT2D eigenvalue weighted by Crippen LogP contribution is 2.38. The van der Waals surface area contributed by atoms with Crippen molar-refractivity contribution in [1.82, 2.24) is 14.8 Å². The summed E-state index contributed by atoms with van der Waals surface area (Å²) < 4.78 is 20.5. The monoisotopic (exact) mass is 463 g/mol. The van der Waals surface area contributed by atoms with E-state index in [1.54, 1.807) is 35.6 Å². The number of benzene rings is 2. The lowest BCUT2D eigenvalue weighted by atomic mass is 9.95. The van der Waals surface area contributed by atoms with Crippen molar-refractivity contribution in [3.05, 3.63) is 82.6 Å². The Morgan fingerprint density at radius 2 is 1.76 bits per heavy atom. The van der Waals surface area contributed by atoms with Crippen LogP contribution in [-0.2, 0) is 14.3 Å². The number of allylic oxidation sites excluding steroid dienone is 1. The first-order valence-electron chi connectivity index (χ1n) is 11.0. The van der Waals surface area contributed by atoms with E-state index in [9.17, 15) is 14.0 Å². The second kappa shape index (κ2) is 9.46. The van der Waals surface area contributed by atoms with E-state index >= 15 is 0 Å². The molecule has 176 valence electrons. The Balaban J connectivity index is 1.72. The highest BCUT2D eigenvalue weighted by Gasteiger charge is 2.38. The standard InChI is InChI=1S/C25H26FN5O3/c1-5-34-24(33)22-17(4)30(13-21(32)29-20-11-15(2)10-16(3)12-20)25-27-14-28-31(25)23(22)18-6-8-19(26)9-7-18/h6-12,14,23H,5,13H2,1-4H3,(H,29,32)/t23-/m1/s1. The number of hydrogen-bond acceptors (Lipinski definition) is 6. The molecule has 0 aliphatic carbocycles. The van der Waals surface area contributed by atoms with Crippen molar-refractivity contribution >= 4 is 23.5 Å². The Hall–Kier alpha value is -4.01. The van der Waals surface area contributed by atoms with Gasteiger partial charge >= 0.3 is 5.97 Å². The molecule has 0 spiro atoms. The van der Waals surface area contributed by atoms with E-state index in [1.165, 1.54) is 18.5 Å². The zero-order valence-electron chi connectivity index (χ0n) is 19.5. The highest BCUT2D eigenvalue weighted by atomic mass is 19.1. The van der Waals surface area contributed by atoms with Gasteiger partial charge in [-0.05, 0) is 68.7 Å². The molecule has 1 aliphatic heterocycles. The molecule has 1 aliphatic rings. The molecule has 0 unspecified atom stereocenters.